The van der Waals surface area contributed by atoms with Crippen LogP contribution in [0.4, 0.5) is 0 Å². The predicted molar refractivity (Wildman–Crippen MR) is 74.7 cm³/mol. The average molecular weight is 285 g/mol. The molecule has 2 aromatic rings. The van der Waals surface area contributed by atoms with Gasteiger partial charge in [-0.2, -0.15) is 5.10 Å². The second-order valence-electron chi connectivity index (χ2n) is 5.10. The van der Waals surface area contributed by atoms with Crippen molar-refractivity contribution in [2.75, 3.05) is 0 Å². The molecule has 0 spiro atoms. The summed E-state index contributed by atoms with van der Waals surface area (Å²) < 4.78 is 1.46. The molecular weight excluding hydrogens is 270 g/mol. The first-order valence-corrected chi connectivity index (χ1v) is 6.66. The molecule has 3 rings (SSSR count). The molecule has 0 saturated carbocycles. The summed E-state index contributed by atoms with van der Waals surface area (Å²) in [5.41, 5.74) is 2.37. The monoisotopic (exact) mass is 285 g/mol. The number of carboxylic acids is 1. The largest absolute Gasteiger partial charge is 0.480 e. The zero-order valence-electron chi connectivity index (χ0n) is 11.6. The Balaban J connectivity index is 1.98. The van der Waals surface area contributed by atoms with Crippen LogP contribution in [0.5, 0.6) is 0 Å². The van der Waals surface area contributed by atoms with E-state index in [0.29, 0.717) is 18.7 Å². The van der Waals surface area contributed by atoms with E-state index in [9.17, 15) is 14.7 Å². The van der Waals surface area contributed by atoms with Gasteiger partial charge in [0.05, 0.1) is 0 Å². The maximum Gasteiger partial charge on any atom is 0.326 e. The summed E-state index contributed by atoms with van der Waals surface area (Å²) in [6.45, 7) is 0.303. The second kappa shape index (κ2) is 5.05. The van der Waals surface area contributed by atoms with Crippen molar-refractivity contribution < 1.29 is 14.7 Å². The van der Waals surface area contributed by atoms with E-state index in [2.05, 4.69) is 5.10 Å². The van der Waals surface area contributed by atoms with Gasteiger partial charge in [-0.25, -0.2) is 4.79 Å². The Labute approximate surface area is 121 Å². The highest BCUT2D eigenvalue weighted by Crippen LogP contribution is 2.25. The Morgan fingerprint density at radius 3 is 2.57 bits per heavy atom. The maximum atomic E-state index is 12.6. The molecule has 0 aliphatic carbocycles. The van der Waals surface area contributed by atoms with Crippen LogP contribution in [0.2, 0.25) is 0 Å². The summed E-state index contributed by atoms with van der Waals surface area (Å²) in [7, 11) is 1.67. The van der Waals surface area contributed by atoms with E-state index < -0.39 is 12.0 Å². The summed E-state index contributed by atoms with van der Waals surface area (Å²) in [5.74, 6) is -1.29. The van der Waals surface area contributed by atoms with Crippen LogP contribution in [0.1, 0.15) is 21.6 Å². The number of rotatable bonds is 2. The summed E-state index contributed by atoms with van der Waals surface area (Å²) in [5, 5.41) is 13.4. The number of carbonyl (C=O) groups is 2. The van der Waals surface area contributed by atoms with E-state index in [-0.39, 0.29) is 5.91 Å². The molecule has 108 valence electrons. The molecule has 0 fully saturated rings. The van der Waals surface area contributed by atoms with E-state index in [1.807, 2.05) is 24.3 Å². The van der Waals surface area contributed by atoms with Gasteiger partial charge in [0.15, 0.2) is 0 Å². The smallest absolute Gasteiger partial charge is 0.326 e. The maximum absolute atomic E-state index is 12.6. The molecule has 1 amide bonds. The van der Waals surface area contributed by atoms with Crippen molar-refractivity contribution in [2.45, 2.75) is 19.0 Å². The zero-order chi connectivity index (χ0) is 15.0. The molecule has 0 bridgehead atoms. The van der Waals surface area contributed by atoms with Crippen LogP contribution in [0.15, 0.2) is 36.5 Å². The molecule has 1 aliphatic rings. The minimum absolute atomic E-state index is 0.303. The lowest BCUT2D eigenvalue weighted by atomic mass is 9.93. The molecule has 21 heavy (non-hydrogen) atoms. The normalized spacial score (nSPS) is 17.4. The van der Waals surface area contributed by atoms with Crippen LogP contribution >= 0.6 is 0 Å². The van der Waals surface area contributed by atoms with Crippen LogP contribution in [-0.4, -0.2) is 37.7 Å². The molecule has 1 aromatic carbocycles. The molecule has 1 N–H and O–H groups in total. The van der Waals surface area contributed by atoms with Crippen LogP contribution in [-0.2, 0) is 24.8 Å². The molecule has 6 heteroatoms. The number of aliphatic carboxylic acids is 1. The van der Waals surface area contributed by atoms with E-state index in [1.54, 1.807) is 13.1 Å². The number of hydrogen-bond donors (Lipinski definition) is 1. The molecule has 1 aromatic heterocycles. The standard InChI is InChI=1S/C15H15N3O3/c1-17-12(6-7-16-17)14(19)18-9-11-5-3-2-4-10(11)8-13(18)15(20)21/h2-7,13H,8-9H2,1H3,(H,20,21)/t13-/m0/s1. The lowest BCUT2D eigenvalue weighted by molar-refractivity contribution is -0.142. The molecular formula is C15H15N3O3. The fraction of sp³-hybridized carbons (Fsp3) is 0.267. The zero-order valence-corrected chi connectivity index (χ0v) is 11.6. The van der Waals surface area contributed by atoms with E-state index in [4.69, 9.17) is 0 Å². The summed E-state index contributed by atoms with van der Waals surface area (Å²) in [6.07, 6.45) is 1.86. The van der Waals surface area contributed by atoms with E-state index >= 15 is 0 Å². The van der Waals surface area contributed by atoms with E-state index in [1.165, 1.54) is 15.8 Å². The van der Waals surface area contributed by atoms with Gasteiger partial charge in [0.1, 0.15) is 11.7 Å². The van der Waals surface area contributed by atoms with Crippen LogP contribution in [0, 0.1) is 0 Å². The van der Waals surface area contributed by atoms with Gasteiger partial charge >= 0.3 is 5.97 Å². The van der Waals surface area contributed by atoms with Gasteiger partial charge in [-0.05, 0) is 17.2 Å². The summed E-state index contributed by atoms with van der Waals surface area (Å²) in [4.78, 5) is 25.5. The van der Waals surface area contributed by atoms with Crippen molar-refractivity contribution in [3.8, 4) is 0 Å². The average Bonchev–Trinajstić information content (AvgIpc) is 2.91. The number of amides is 1. The predicted octanol–water partition coefficient (Wildman–Crippen LogP) is 1.07. The van der Waals surface area contributed by atoms with Crippen molar-refractivity contribution in [3.63, 3.8) is 0 Å². The first-order chi connectivity index (χ1) is 10.1. The molecule has 6 nitrogen and oxygen atoms in total. The lowest BCUT2D eigenvalue weighted by Crippen LogP contribution is -2.49. The van der Waals surface area contributed by atoms with Crippen molar-refractivity contribution in [2.24, 2.45) is 7.05 Å². The number of carboxylic acid groups (broad SMARTS) is 1. The highest BCUT2D eigenvalue weighted by Gasteiger charge is 2.35. The minimum Gasteiger partial charge on any atom is -0.480 e. The fourth-order valence-corrected chi connectivity index (χ4v) is 2.69. The van der Waals surface area contributed by atoms with Gasteiger partial charge in [-0.3, -0.25) is 9.48 Å². The van der Waals surface area contributed by atoms with Crippen LogP contribution in [0.3, 0.4) is 0 Å². The van der Waals surface area contributed by atoms with E-state index in [0.717, 1.165) is 11.1 Å². The lowest BCUT2D eigenvalue weighted by Gasteiger charge is -2.34. The number of nitrogens with zero attached hydrogens (tertiary/aromatic N) is 3. The van der Waals surface area contributed by atoms with Crippen molar-refractivity contribution in [1.82, 2.24) is 14.7 Å². The third-order valence-electron chi connectivity index (χ3n) is 3.83. The van der Waals surface area contributed by atoms with Gasteiger partial charge in [0.25, 0.3) is 5.91 Å². The molecule has 0 radical (unpaired) electrons. The third-order valence-corrected chi connectivity index (χ3v) is 3.83. The van der Waals surface area contributed by atoms with Gasteiger partial charge in [0.2, 0.25) is 0 Å². The molecule has 1 aliphatic heterocycles. The van der Waals surface area contributed by atoms with Crippen LogP contribution < -0.4 is 0 Å². The topological polar surface area (TPSA) is 75.4 Å². The van der Waals surface area contributed by atoms with Crippen molar-refractivity contribution in [1.29, 1.82) is 0 Å². The third kappa shape index (κ3) is 2.29. The van der Waals surface area contributed by atoms with Gasteiger partial charge in [0, 0.05) is 26.2 Å². The Morgan fingerprint density at radius 2 is 1.95 bits per heavy atom. The number of aromatic nitrogens is 2. The molecule has 1 atom stereocenters. The van der Waals surface area contributed by atoms with Gasteiger partial charge in [-0.1, -0.05) is 24.3 Å². The Hall–Kier alpha value is -2.63. The highest BCUT2D eigenvalue weighted by atomic mass is 16.4. The fourth-order valence-electron chi connectivity index (χ4n) is 2.69. The molecule has 2 heterocycles. The molecule has 0 unspecified atom stereocenters. The van der Waals surface area contributed by atoms with Crippen molar-refractivity contribution >= 4 is 11.9 Å². The first-order valence-electron chi connectivity index (χ1n) is 6.66. The first kappa shape index (κ1) is 13.4. The Morgan fingerprint density at radius 1 is 1.24 bits per heavy atom. The second-order valence-corrected chi connectivity index (χ2v) is 5.10. The summed E-state index contributed by atoms with van der Waals surface area (Å²) in [6, 6.07) is 8.38. The Bertz CT molecular complexity index is 708. The number of aryl methyl sites for hydroxylation is 1. The SMILES string of the molecule is Cn1nccc1C(=O)N1Cc2ccccc2C[C@H]1C(=O)O. The van der Waals surface area contributed by atoms with Gasteiger partial charge < -0.3 is 10.0 Å². The Kier molecular flexibility index (Phi) is 3.21. The quantitative estimate of drug-likeness (QED) is 0.895. The number of hydrogen-bond acceptors (Lipinski definition) is 3. The molecule has 0 saturated heterocycles. The van der Waals surface area contributed by atoms with Crippen molar-refractivity contribution in [3.05, 3.63) is 53.3 Å². The van der Waals surface area contributed by atoms with Gasteiger partial charge in [-0.15, -0.1) is 0 Å². The number of fused-ring (bicyclic) bond motifs is 1. The van der Waals surface area contributed by atoms with Crippen LogP contribution in [0.25, 0.3) is 0 Å². The number of carbonyl (C=O) groups excluding carboxylic acids is 1. The highest BCUT2D eigenvalue weighted by molar-refractivity contribution is 5.95. The minimum atomic E-state index is -0.986. The summed E-state index contributed by atoms with van der Waals surface area (Å²) >= 11 is 0. The number of benzene rings is 1.